The average molecular weight is 290 g/mol. The SMILES string of the molecule is O=C(/C=C/c1cccc(F)c1)NCc1cccc(Cl)c1. The standard InChI is InChI=1S/C16H13ClFNO/c17-14-5-1-4-13(9-14)11-19-16(20)8-7-12-3-2-6-15(18)10-12/h1-10H,11H2,(H,19,20)/b8-7+. The van der Waals surface area contributed by atoms with Gasteiger partial charge in [0.25, 0.3) is 0 Å². The molecule has 0 radical (unpaired) electrons. The largest absolute Gasteiger partial charge is 0.348 e. The monoisotopic (exact) mass is 289 g/mol. The first-order valence-corrected chi connectivity index (χ1v) is 6.47. The maximum Gasteiger partial charge on any atom is 0.244 e. The zero-order valence-corrected chi connectivity index (χ0v) is 11.4. The highest BCUT2D eigenvalue weighted by Gasteiger charge is 1.98. The van der Waals surface area contributed by atoms with Gasteiger partial charge in [0.05, 0.1) is 0 Å². The van der Waals surface area contributed by atoms with E-state index in [1.807, 2.05) is 12.1 Å². The van der Waals surface area contributed by atoms with Gasteiger partial charge in [-0.15, -0.1) is 0 Å². The van der Waals surface area contributed by atoms with Crippen molar-refractivity contribution in [2.75, 3.05) is 0 Å². The van der Waals surface area contributed by atoms with Crippen molar-refractivity contribution in [1.82, 2.24) is 5.32 Å². The number of rotatable bonds is 4. The van der Waals surface area contributed by atoms with Gasteiger partial charge >= 0.3 is 0 Å². The molecule has 0 saturated heterocycles. The van der Waals surface area contributed by atoms with Gasteiger partial charge in [0.1, 0.15) is 5.82 Å². The van der Waals surface area contributed by atoms with Gasteiger partial charge in [0, 0.05) is 17.6 Å². The van der Waals surface area contributed by atoms with E-state index in [2.05, 4.69) is 5.32 Å². The van der Waals surface area contributed by atoms with Crippen LogP contribution in [0.2, 0.25) is 5.02 Å². The molecule has 20 heavy (non-hydrogen) atoms. The molecule has 1 amide bonds. The molecule has 0 atom stereocenters. The Kier molecular flexibility index (Phi) is 4.91. The quantitative estimate of drug-likeness (QED) is 0.852. The second-order valence-corrected chi connectivity index (χ2v) is 4.67. The molecule has 0 spiro atoms. The van der Waals surface area contributed by atoms with Crippen LogP contribution >= 0.6 is 11.6 Å². The smallest absolute Gasteiger partial charge is 0.244 e. The molecule has 0 heterocycles. The van der Waals surface area contributed by atoms with E-state index in [0.717, 1.165) is 5.56 Å². The molecule has 102 valence electrons. The van der Waals surface area contributed by atoms with Crippen molar-refractivity contribution in [3.63, 3.8) is 0 Å². The van der Waals surface area contributed by atoms with Crippen LogP contribution < -0.4 is 5.32 Å². The van der Waals surface area contributed by atoms with Crippen LogP contribution in [0.15, 0.2) is 54.6 Å². The topological polar surface area (TPSA) is 29.1 Å². The normalized spacial score (nSPS) is 10.7. The number of carbonyl (C=O) groups is 1. The fraction of sp³-hybridized carbons (Fsp3) is 0.0625. The zero-order chi connectivity index (χ0) is 14.4. The van der Waals surface area contributed by atoms with Crippen molar-refractivity contribution < 1.29 is 9.18 Å². The summed E-state index contributed by atoms with van der Waals surface area (Å²) >= 11 is 5.85. The second-order valence-electron chi connectivity index (χ2n) is 4.24. The molecule has 0 bridgehead atoms. The van der Waals surface area contributed by atoms with E-state index >= 15 is 0 Å². The van der Waals surface area contributed by atoms with E-state index in [9.17, 15) is 9.18 Å². The lowest BCUT2D eigenvalue weighted by Gasteiger charge is -2.02. The van der Waals surface area contributed by atoms with E-state index in [1.54, 1.807) is 30.3 Å². The third kappa shape index (κ3) is 4.52. The summed E-state index contributed by atoms with van der Waals surface area (Å²) < 4.78 is 13.0. The number of nitrogens with one attached hydrogen (secondary N) is 1. The van der Waals surface area contributed by atoms with Crippen LogP contribution in [-0.2, 0) is 11.3 Å². The predicted octanol–water partition coefficient (Wildman–Crippen LogP) is 3.81. The first-order valence-electron chi connectivity index (χ1n) is 6.09. The zero-order valence-electron chi connectivity index (χ0n) is 10.6. The van der Waals surface area contributed by atoms with Crippen molar-refractivity contribution in [3.8, 4) is 0 Å². The van der Waals surface area contributed by atoms with Crippen LogP contribution in [0.5, 0.6) is 0 Å². The molecule has 0 aliphatic carbocycles. The molecule has 0 aliphatic heterocycles. The molecular weight excluding hydrogens is 277 g/mol. The minimum absolute atomic E-state index is 0.241. The van der Waals surface area contributed by atoms with E-state index in [4.69, 9.17) is 11.6 Å². The van der Waals surface area contributed by atoms with Crippen molar-refractivity contribution in [3.05, 3.63) is 76.6 Å². The lowest BCUT2D eigenvalue weighted by Crippen LogP contribution is -2.20. The maximum absolute atomic E-state index is 13.0. The number of hydrogen-bond donors (Lipinski definition) is 1. The van der Waals surface area contributed by atoms with E-state index in [-0.39, 0.29) is 11.7 Å². The highest BCUT2D eigenvalue weighted by molar-refractivity contribution is 6.30. The van der Waals surface area contributed by atoms with Gasteiger partial charge in [-0.25, -0.2) is 4.39 Å². The Hall–Kier alpha value is -2.13. The minimum atomic E-state index is -0.327. The number of carbonyl (C=O) groups excluding carboxylic acids is 1. The number of halogens is 2. The van der Waals surface area contributed by atoms with E-state index < -0.39 is 0 Å². The van der Waals surface area contributed by atoms with Crippen molar-refractivity contribution in [1.29, 1.82) is 0 Å². The van der Waals surface area contributed by atoms with Crippen LogP contribution in [0.4, 0.5) is 4.39 Å². The molecule has 2 aromatic rings. The molecule has 2 rings (SSSR count). The molecule has 0 saturated carbocycles. The van der Waals surface area contributed by atoms with Crippen molar-refractivity contribution >= 4 is 23.6 Å². The summed E-state index contributed by atoms with van der Waals surface area (Å²) in [5, 5.41) is 3.36. The summed E-state index contributed by atoms with van der Waals surface area (Å²) in [6.07, 6.45) is 2.94. The lowest BCUT2D eigenvalue weighted by atomic mass is 10.2. The van der Waals surface area contributed by atoms with Crippen LogP contribution in [0.3, 0.4) is 0 Å². The number of hydrogen-bond acceptors (Lipinski definition) is 1. The van der Waals surface area contributed by atoms with Gasteiger partial charge in [-0.2, -0.15) is 0 Å². The molecule has 0 fully saturated rings. The summed E-state index contributed by atoms with van der Waals surface area (Å²) in [5.41, 5.74) is 1.56. The third-order valence-electron chi connectivity index (χ3n) is 2.63. The Labute approximate surface area is 121 Å². The maximum atomic E-state index is 13.0. The van der Waals surface area contributed by atoms with Gasteiger partial charge in [-0.3, -0.25) is 4.79 Å². The van der Waals surface area contributed by atoms with Gasteiger partial charge in [0.2, 0.25) is 5.91 Å². The third-order valence-corrected chi connectivity index (χ3v) is 2.87. The second kappa shape index (κ2) is 6.87. The molecule has 0 aliphatic rings. The highest BCUT2D eigenvalue weighted by atomic mass is 35.5. The van der Waals surface area contributed by atoms with Crippen LogP contribution in [-0.4, -0.2) is 5.91 Å². The molecule has 2 nitrogen and oxygen atoms in total. The summed E-state index contributed by atoms with van der Waals surface area (Å²) in [5.74, 6) is -0.569. The highest BCUT2D eigenvalue weighted by Crippen LogP contribution is 2.10. The first kappa shape index (κ1) is 14.3. The van der Waals surface area contributed by atoms with E-state index in [0.29, 0.717) is 17.1 Å². The molecular formula is C16H13ClFNO. The summed E-state index contributed by atoms with van der Waals surface area (Å²) in [4.78, 5) is 11.6. The van der Waals surface area contributed by atoms with Gasteiger partial charge in [0.15, 0.2) is 0 Å². The Morgan fingerprint density at radius 3 is 2.75 bits per heavy atom. The number of amides is 1. The summed E-state index contributed by atoms with van der Waals surface area (Å²) in [6, 6.07) is 13.3. The minimum Gasteiger partial charge on any atom is -0.348 e. The number of benzene rings is 2. The fourth-order valence-corrected chi connectivity index (χ4v) is 1.89. The van der Waals surface area contributed by atoms with Crippen LogP contribution in [0, 0.1) is 5.82 Å². The Bertz CT molecular complexity index is 640. The Morgan fingerprint density at radius 2 is 2.00 bits per heavy atom. The Balaban J connectivity index is 1.89. The lowest BCUT2D eigenvalue weighted by molar-refractivity contribution is -0.116. The average Bonchev–Trinajstić information content (AvgIpc) is 2.43. The predicted molar refractivity (Wildman–Crippen MR) is 78.7 cm³/mol. The molecule has 1 N–H and O–H groups in total. The van der Waals surface area contributed by atoms with Crippen molar-refractivity contribution in [2.24, 2.45) is 0 Å². The fourth-order valence-electron chi connectivity index (χ4n) is 1.68. The Morgan fingerprint density at radius 1 is 1.20 bits per heavy atom. The van der Waals surface area contributed by atoms with E-state index in [1.165, 1.54) is 18.2 Å². The van der Waals surface area contributed by atoms with Gasteiger partial charge < -0.3 is 5.32 Å². The first-order chi connectivity index (χ1) is 9.63. The van der Waals surface area contributed by atoms with Crippen LogP contribution in [0.25, 0.3) is 6.08 Å². The van der Waals surface area contributed by atoms with Gasteiger partial charge in [-0.05, 0) is 41.5 Å². The molecule has 0 aromatic heterocycles. The molecule has 2 aromatic carbocycles. The van der Waals surface area contributed by atoms with Crippen LogP contribution in [0.1, 0.15) is 11.1 Å². The van der Waals surface area contributed by atoms with Crippen molar-refractivity contribution in [2.45, 2.75) is 6.54 Å². The molecule has 0 unspecified atom stereocenters. The summed E-state index contributed by atoms with van der Waals surface area (Å²) in [6.45, 7) is 0.396. The molecule has 4 heteroatoms. The van der Waals surface area contributed by atoms with Gasteiger partial charge in [-0.1, -0.05) is 35.9 Å². The summed E-state index contributed by atoms with van der Waals surface area (Å²) in [7, 11) is 0.